The zero-order chi connectivity index (χ0) is 55.8. The van der Waals surface area contributed by atoms with Gasteiger partial charge >= 0.3 is 12.0 Å². The number of pyridine rings is 3. The lowest BCUT2D eigenvalue weighted by Crippen LogP contribution is -2.35. The van der Waals surface area contributed by atoms with Crippen molar-refractivity contribution in [1.82, 2.24) is 34.1 Å². The smallest absolute Gasteiger partial charge is 0.301 e. The van der Waals surface area contributed by atoms with E-state index in [2.05, 4.69) is 69.5 Å². The minimum atomic E-state index is -2.65. The molecule has 0 saturated carbocycles. The summed E-state index contributed by atoms with van der Waals surface area (Å²) in [6.45, 7) is 16.6. The van der Waals surface area contributed by atoms with Crippen molar-refractivity contribution in [2.75, 3.05) is 45.9 Å². The molecule has 7 aromatic rings. The number of aliphatic hydroxyl groups is 2. The lowest BCUT2D eigenvalue weighted by Gasteiger charge is -2.19. The van der Waals surface area contributed by atoms with Gasteiger partial charge in [0, 0.05) is 63.6 Å². The number of fused-ring (bicyclic) bond motifs is 4. The molecule has 4 fully saturated rings. The molecule has 0 radical (unpaired) electrons. The van der Waals surface area contributed by atoms with Crippen LogP contribution in [0.4, 0.5) is 5.69 Å². The number of aliphatic hydroxyl groups excluding tert-OH is 2. The first-order valence-electron chi connectivity index (χ1n) is 26.1. The molecule has 79 heavy (non-hydrogen) atoms. The molecule has 0 bridgehead atoms. The Morgan fingerprint density at radius 1 is 0.646 bits per heavy atom. The van der Waals surface area contributed by atoms with Crippen LogP contribution in [0.25, 0.3) is 44.8 Å². The van der Waals surface area contributed by atoms with Crippen LogP contribution in [0, 0.1) is 0 Å². The summed E-state index contributed by atoms with van der Waals surface area (Å²) < 4.78 is 70.1. The summed E-state index contributed by atoms with van der Waals surface area (Å²) in [7, 11) is -5.18. The van der Waals surface area contributed by atoms with Crippen LogP contribution in [-0.4, -0.2) is 159 Å². The molecule has 0 spiro atoms. The van der Waals surface area contributed by atoms with Crippen molar-refractivity contribution in [3.63, 3.8) is 0 Å². The zero-order valence-corrected chi connectivity index (χ0v) is 50.9. The van der Waals surface area contributed by atoms with Crippen molar-refractivity contribution in [2.24, 2.45) is 4.36 Å². The lowest BCUT2D eigenvalue weighted by atomic mass is 10.1. The Bertz CT molecular complexity index is 3400. The highest BCUT2D eigenvalue weighted by Crippen LogP contribution is 2.37. The molecule has 2 N–H and O–H groups in total. The Morgan fingerprint density at radius 2 is 1.08 bits per heavy atom. The summed E-state index contributed by atoms with van der Waals surface area (Å²) >= 11 is 16.8. The minimum absolute atomic E-state index is 0.188. The summed E-state index contributed by atoms with van der Waals surface area (Å²) in [5.41, 5.74) is 5.79. The number of ether oxygens (including phenoxy) is 8. The third-order valence-corrected chi connectivity index (χ3v) is 20.0. The number of rotatable bonds is 18. The van der Waals surface area contributed by atoms with Gasteiger partial charge in [-0.3, -0.25) is 14.1 Å². The maximum atomic E-state index is 13.2. The first-order chi connectivity index (χ1) is 37.7. The van der Waals surface area contributed by atoms with Crippen LogP contribution in [0.3, 0.4) is 0 Å². The summed E-state index contributed by atoms with van der Waals surface area (Å²) in [4.78, 5) is 23.8. The molecule has 0 aliphatic carbocycles. The molecular formula is C54H65BrCl2N8O11SSi2. The highest BCUT2D eigenvalue weighted by molar-refractivity contribution is 9.10. The maximum Gasteiger partial charge on any atom is 0.301 e. The highest BCUT2D eigenvalue weighted by atomic mass is 79.9. The highest BCUT2D eigenvalue weighted by Gasteiger charge is 2.50. The molecule has 25 heteroatoms. The fourth-order valence-electron chi connectivity index (χ4n) is 9.39. The molecule has 4 aliphatic rings. The normalized spacial score (nSPS) is 23.6. The molecule has 9 atom stereocenters. The van der Waals surface area contributed by atoms with E-state index in [0.717, 1.165) is 27.7 Å². The molecule has 1 unspecified atom stereocenters. The van der Waals surface area contributed by atoms with Gasteiger partial charge in [0.1, 0.15) is 61.1 Å². The maximum absolute atomic E-state index is 13.2. The second-order valence-corrected chi connectivity index (χ2v) is 37.7. The van der Waals surface area contributed by atoms with Crippen LogP contribution < -0.4 is 9.47 Å². The van der Waals surface area contributed by atoms with Crippen LogP contribution in [0.2, 0.25) is 61.4 Å². The number of aromatic nitrogens is 7. The topological polar surface area (TPSA) is 218 Å². The molecule has 4 aliphatic heterocycles. The Morgan fingerprint density at radius 3 is 1.52 bits per heavy atom. The number of halogens is 3. The van der Waals surface area contributed by atoms with Gasteiger partial charge in [-0.2, -0.15) is 14.3 Å². The predicted molar refractivity (Wildman–Crippen MR) is 310 cm³/mol. The molecule has 2 aromatic carbocycles. The van der Waals surface area contributed by atoms with Crippen LogP contribution >= 0.6 is 39.1 Å². The van der Waals surface area contributed by atoms with Gasteiger partial charge in [0.15, 0.2) is 23.5 Å². The number of benzene rings is 2. The van der Waals surface area contributed by atoms with E-state index in [4.69, 9.17) is 76.0 Å². The molecule has 5 aromatic heterocycles. The fraction of sp³-hybridized carbons (Fsp3) is 0.463. The van der Waals surface area contributed by atoms with Gasteiger partial charge in [0.25, 0.3) is 0 Å². The van der Waals surface area contributed by atoms with Crippen molar-refractivity contribution in [3.05, 3.63) is 99.7 Å². The van der Waals surface area contributed by atoms with Gasteiger partial charge in [0.05, 0.1) is 68.2 Å². The molecule has 0 amide bonds. The van der Waals surface area contributed by atoms with E-state index in [1.54, 1.807) is 59.6 Å². The summed E-state index contributed by atoms with van der Waals surface area (Å²) in [6, 6.07) is 24.8. The van der Waals surface area contributed by atoms with Crippen molar-refractivity contribution in [1.29, 1.82) is 0 Å². The third kappa shape index (κ3) is 13.6. The van der Waals surface area contributed by atoms with E-state index in [-0.39, 0.29) is 45.5 Å². The lowest BCUT2D eigenvalue weighted by molar-refractivity contribution is 0.00332. The van der Waals surface area contributed by atoms with Crippen molar-refractivity contribution in [2.45, 2.75) is 119 Å². The first kappa shape index (κ1) is 57.8. The van der Waals surface area contributed by atoms with Gasteiger partial charge in [-0.05, 0) is 60.6 Å². The molecular weight excluding hydrogens is 1180 g/mol. The number of nitrogens with zero attached hydrogens (tertiary/aromatic N) is 8. The van der Waals surface area contributed by atoms with E-state index in [1.165, 1.54) is 0 Å². The van der Waals surface area contributed by atoms with Gasteiger partial charge in [0.2, 0.25) is 0 Å². The van der Waals surface area contributed by atoms with Crippen LogP contribution in [0.15, 0.2) is 98.9 Å². The van der Waals surface area contributed by atoms with Gasteiger partial charge < -0.3 is 48.1 Å². The average molecular weight is 1240 g/mol. The van der Waals surface area contributed by atoms with E-state index in [0.29, 0.717) is 86.2 Å². The Hall–Kier alpha value is -4.45. The molecule has 11 rings (SSSR count). The van der Waals surface area contributed by atoms with Crippen molar-refractivity contribution >= 4 is 93.0 Å². The van der Waals surface area contributed by atoms with Gasteiger partial charge in [-0.25, -0.2) is 14.2 Å². The van der Waals surface area contributed by atoms with Crippen molar-refractivity contribution < 1.29 is 52.3 Å². The monoisotopic (exact) mass is 1240 g/mol. The van der Waals surface area contributed by atoms with E-state index in [9.17, 15) is 14.4 Å². The fourth-order valence-corrected chi connectivity index (χ4v) is 12.9. The standard InChI is InChI=1S/C30H36ClN5O6SSi.C24H29BrClN3O5Si/c1-43(38,21-9-11-32-12-10-21)35-20-7-5-19(6-8-20)26-22(31)15-23-29(34-26)36(18-39-13-14-44(2,3)4)30(33-23)42-25-17-41-27-24(37)16-40-28(25)27;1-35(2,3)9-8-31-13-29-23-17(10-16(26)20(28-23)14-4-6-15(25)7-5-14)27-24(29)34-19-12-33-21-18(30)11-32-22(19)21/h5-12,15,24-25,27-28,37H,13-14,16-18H2,1-4H3;4-7,10,18-19,21-22,30H,8-9,11-13H2,1-3H3/t24-,25-,27-,28-,43?;18-,19-,21-,22-/m11/s1. The quantitative estimate of drug-likeness (QED) is 0.0603. The molecule has 19 nitrogen and oxygen atoms in total. The summed E-state index contributed by atoms with van der Waals surface area (Å²) in [5.74, 6) is 0. The number of imidazole rings is 2. The Kier molecular flexibility index (Phi) is 17.7. The second-order valence-electron chi connectivity index (χ2n) is 22.4. The van der Waals surface area contributed by atoms with Gasteiger partial charge in [-0.1, -0.05) is 103 Å². The SMILES string of the molecule is C[Si](C)(C)CCOCn1c(O[C@@H]2CO[C@H]3[C@@H]2OC[C@H]3O)nc2cc(Cl)c(-c3ccc(Br)cc3)nc21.C[Si](C)(C)CCOCn1c(O[C@@H]2CO[C@H]3[C@@H]2OC[C@H]3O)nc2cc(Cl)c(-c3ccc(N=S(C)(=O)c4ccncc4)cc3)nc21. The zero-order valence-electron chi connectivity index (χ0n) is 45.0. The van der Waals surface area contributed by atoms with E-state index in [1.807, 2.05) is 41.0 Å². The summed E-state index contributed by atoms with van der Waals surface area (Å²) in [5, 5.41) is 21.2. The first-order valence-corrected chi connectivity index (χ1v) is 37.0. The van der Waals surface area contributed by atoms with Crippen LogP contribution in [-0.2, 0) is 51.6 Å². The van der Waals surface area contributed by atoms with Gasteiger partial charge in [-0.15, -0.1) is 0 Å². The largest absolute Gasteiger partial charge is 0.456 e. The molecule has 9 heterocycles. The Balaban J connectivity index is 0.000000183. The minimum Gasteiger partial charge on any atom is -0.456 e. The van der Waals surface area contributed by atoms with E-state index >= 15 is 0 Å². The number of hydrogen-bond acceptors (Lipinski definition) is 17. The average Bonchev–Trinajstić information content (AvgIpc) is 4.49. The van der Waals surface area contributed by atoms with Crippen molar-refractivity contribution in [3.8, 4) is 34.5 Å². The van der Waals surface area contributed by atoms with Crippen LogP contribution in [0.5, 0.6) is 12.0 Å². The van der Waals surface area contributed by atoms with E-state index < -0.39 is 62.5 Å². The third-order valence-electron chi connectivity index (χ3n) is 13.8. The van der Waals surface area contributed by atoms with Crippen LogP contribution in [0.1, 0.15) is 0 Å². The summed E-state index contributed by atoms with van der Waals surface area (Å²) in [6.07, 6.45) is 1.10. The second kappa shape index (κ2) is 24.2. The molecule has 4 saturated heterocycles. The predicted octanol–water partition coefficient (Wildman–Crippen LogP) is 9.89. The Labute approximate surface area is 479 Å². The number of hydrogen-bond donors (Lipinski definition) is 2. The molecule has 422 valence electrons.